The number of halogens is 1. The van der Waals surface area contributed by atoms with E-state index in [4.69, 9.17) is 16.7 Å². The average molecular weight is 304 g/mol. The monoisotopic (exact) mass is 303 g/mol. The molecule has 0 aliphatic heterocycles. The van der Waals surface area contributed by atoms with Gasteiger partial charge in [-0.2, -0.15) is 0 Å². The Hall–Kier alpha value is -2.29. The summed E-state index contributed by atoms with van der Waals surface area (Å²) in [6.45, 7) is 0.922. The second-order valence-corrected chi connectivity index (χ2v) is 4.62. The fourth-order valence-corrected chi connectivity index (χ4v) is 1.94. The zero-order chi connectivity index (χ0) is 15.1. The molecule has 0 unspecified atom stereocenters. The summed E-state index contributed by atoms with van der Waals surface area (Å²) in [7, 11) is 0. The lowest BCUT2D eigenvalue weighted by molar-refractivity contribution is 0.0952. The van der Waals surface area contributed by atoms with Crippen molar-refractivity contribution >= 4 is 17.5 Å². The summed E-state index contributed by atoms with van der Waals surface area (Å²) in [4.78, 5) is 15.9. The van der Waals surface area contributed by atoms with Crippen LogP contribution >= 0.6 is 11.6 Å². The van der Waals surface area contributed by atoms with E-state index >= 15 is 0 Å². The van der Waals surface area contributed by atoms with Gasteiger partial charge in [0.1, 0.15) is 6.61 Å². The molecule has 1 aromatic carbocycles. The number of nitrogens with one attached hydrogen (secondary N) is 1. The van der Waals surface area contributed by atoms with E-state index in [2.05, 4.69) is 22.1 Å². The second kappa shape index (κ2) is 7.48. The van der Waals surface area contributed by atoms with E-state index in [1.165, 1.54) is 0 Å². The van der Waals surface area contributed by atoms with Gasteiger partial charge in [-0.1, -0.05) is 23.4 Å². The van der Waals surface area contributed by atoms with E-state index in [0.29, 0.717) is 29.2 Å². The van der Waals surface area contributed by atoms with Crippen LogP contribution in [0.2, 0.25) is 5.02 Å². The predicted molar refractivity (Wildman–Crippen MR) is 80.0 cm³/mol. The Balaban J connectivity index is 1.94. The smallest absolute Gasteiger partial charge is 0.251 e. The molecule has 0 saturated heterocycles. The molecular weight excluding hydrogens is 290 g/mol. The zero-order valence-electron chi connectivity index (χ0n) is 11.2. The summed E-state index contributed by atoms with van der Waals surface area (Å²) >= 11 is 6.05. The van der Waals surface area contributed by atoms with Crippen molar-refractivity contribution in [2.45, 2.75) is 6.54 Å². The molecule has 0 aliphatic carbocycles. The third-order valence-electron chi connectivity index (χ3n) is 2.75. The van der Waals surface area contributed by atoms with Gasteiger partial charge < -0.3 is 15.0 Å². The van der Waals surface area contributed by atoms with Crippen LogP contribution in [0.1, 0.15) is 15.9 Å². The number of amides is 1. The SMILES string of the molecule is O=C(NCCn1ccnc1)c1ccc(C#CCO)c(Cl)c1. The third kappa shape index (κ3) is 4.35. The second-order valence-electron chi connectivity index (χ2n) is 4.21. The van der Waals surface area contributed by atoms with Crippen molar-refractivity contribution in [1.82, 2.24) is 14.9 Å². The van der Waals surface area contributed by atoms with Gasteiger partial charge in [-0.15, -0.1) is 0 Å². The largest absolute Gasteiger partial charge is 0.384 e. The number of hydrogen-bond acceptors (Lipinski definition) is 3. The minimum atomic E-state index is -0.229. The first-order valence-electron chi connectivity index (χ1n) is 6.34. The number of carbonyl (C=O) groups excluding carboxylic acids is 1. The van der Waals surface area contributed by atoms with Crippen LogP contribution in [0.3, 0.4) is 0 Å². The molecule has 21 heavy (non-hydrogen) atoms. The van der Waals surface area contributed by atoms with Gasteiger partial charge in [0.15, 0.2) is 0 Å². The topological polar surface area (TPSA) is 67.2 Å². The van der Waals surface area contributed by atoms with Crippen LogP contribution in [0.25, 0.3) is 0 Å². The number of nitrogens with zero attached hydrogens (tertiary/aromatic N) is 2. The van der Waals surface area contributed by atoms with E-state index in [1.54, 1.807) is 30.7 Å². The summed E-state index contributed by atoms with van der Waals surface area (Å²) < 4.78 is 1.88. The fraction of sp³-hybridized carbons (Fsp3) is 0.200. The van der Waals surface area contributed by atoms with Crippen LogP contribution in [-0.4, -0.2) is 33.7 Å². The lowest BCUT2D eigenvalue weighted by Crippen LogP contribution is -2.27. The molecule has 5 nitrogen and oxygen atoms in total. The quantitative estimate of drug-likeness (QED) is 0.837. The fourth-order valence-electron chi connectivity index (χ4n) is 1.71. The summed E-state index contributed by atoms with van der Waals surface area (Å²) in [5.41, 5.74) is 1.06. The van der Waals surface area contributed by atoms with Crippen LogP contribution in [-0.2, 0) is 6.54 Å². The van der Waals surface area contributed by atoms with Gasteiger partial charge in [0.2, 0.25) is 0 Å². The Morgan fingerprint density at radius 2 is 2.33 bits per heavy atom. The molecule has 108 valence electrons. The minimum Gasteiger partial charge on any atom is -0.384 e. The van der Waals surface area contributed by atoms with Gasteiger partial charge in [0.25, 0.3) is 5.91 Å². The molecule has 0 aliphatic rings. The lowest BCUT2D eigenvalue weighted by atomic mass is 10.1. The Kier molecular flexibility index (Phi) is 5.38. The van der Waals surface area contributed by atoms with Crippen LogP contribution in [0.15, 0.2) is 36.9 Å². The van der Waals surface area contributed by atoms with Crippen LogP contribution < -0.4 is 5.32 Å². The van der Waals surface area contributed by atoms with Gasteiger partial charge >= 0.3 is 0 Å². The predicted octanol–water partition coefficient (Wildman–Crippen LogP) is 1.31. The number of carbonyl (C=O) groups is 1. The normalized spacial score (nSPS) is 9.81. The number of hydrogen-bond donors (Lipinski definition) is 2. The van der Waals surface area contributed by atoms with E-state index < -0.39 is 0 Å². The molecule has 1 amide bonds. The number of benzene rings is 1. The first kappa shape index (κ1) is 15.1. The van der Waals surface area contributed by atoms with Crippen LogP contribution in [0, 0.1) is 11.8 Å². The van der Waals surface area contributed by atoms with Gasteiger partial charge in [-0.3, -0.25) is 4.79 Å². The number of imidazole rings is 1. The zero-order valence-corrected chi connectivity index (χ0v) is 12.0. The Morgan fingerprint density at radius 1 is 1.48 bits per heavy atom. The minimum absolute atomic E-state index is 0.196. The van der Waals surface area contributed by atoms with Crippen LogP contribution in [0.5, 0.6) is 0 Å². The molecule has 0 saturated carbocycles. The highest BCUT2D eigenvalue weighted by Gasteiger charge is 2.07. The van der Waals surface area contributed by atoms with Gasteiger partial charge in [0.05, 0.1) is 11.3 Å². The molecular formula is C15H14ClN3O2. The first-order chi connectivity index (χ1) is 10.2. The van der Waals surface area contributed by atoms with Crippen molar-refractivity contribution in [1.29, 1.82) is 0 Å². The van der Waals surface area contributed by atoms with Gasteiger partial charge in [0, 0.05) is 36.6 Å². The molecule has 1 heterocycles. The standard InChI is InChI=1S/C15H14ClN3O2/c16-14-10-13(4-3-12(14)2-1-9-20)15(21)18-6-8-19-7-5-17-11-19/h3-5,7,10-11,20H,6,8-9H2,(H,18,21). The van der Waals surface area contributed by atoms with Gasteiger partial charge in [-0.25, -0.2) is 4.98 Å². The highest BCUT2D eigenvalue weighted by molar-refractivity contribution is 6.32. The molecule has 0 spiro atoms. The maximum absolute atomic E-state index is 12.0. The van der Waals surface area contributed by atoms with Crippen molar-refractivity contribution in [3.63, 3.8) is 0 Å². The highest BCUT2D eigenvalue weighted by atomic mass is 35.5. The van der Waals surface area contributed by atoms with E-state index in [1.807, 2.05) is 10.8 Å². The van der Waals surface area contributed by atoms with Crippen molar-refractivity contribution in [3.05, 3.63) is 53.1 Å². The van der Waals surface area contributed by atoms with Crippen molar-refractivity contribution in [3.8, 4) is 11.8 Å². The Morgan fingerprint density at radius 3 is 3.00 bits per heavy atom. The summed E-state index contributed by atoms with van der Waals surface area (Å²) in [5.74, 6) is 5.04. The number of aliphatic hydroxyl groups is 1. The Labute approximate surface area is 127 Å². The molecule has 2 rings (SSSR count). The summed E-state index contributed by atoms with van der Waals surface area (Å²) in [6, 6.07) is 4.88. The number of aromatic nitrogens is 2. The molecule has 0 bridgehead atoms. The first-order valence-corrected chi connectivity index (χ1v) is 6.71. The third-order valence-corrected chi connectivity index (χ3v) is 3.06. The maximum Gasteiger partial charge on any atom is 0.251 e. The van der Waals surface area contributed by atoms with Crippen LogP contribution in [0.4, 0.5) is 0 Å². The van der Waals surface area contributed by atoms with Gasteiger partial charge in [-0.05, 0) is 18.2 Å². The van der Waals surface area contributed by atoms with E-state index in [0.717, 1.165) is 0 Å². The number of rotatable bonds is 4. The van der Waals surface area contributed by atoms with E-state index in [-0.39, 0.29) is 12.5 Å². The van der Waals surface area contributed by atoms with Crippen molar-refractivity contribution in [2.24, 2.45) is 0 Å². The summed E-state index contributed by atoms with van der Waals surface area (Å²) in [6.07, 6.45) is 5.21. The van der Waals surface area contributed by atoms with E-state index in [9.17, 15) is 4.79 Å². The average Bonchev–Trinajstić information content (AvgIpc) is 2.99. The molecule has 2 aromatic rings. The molecule has 1 aromatic heterocycles. The highest BCUT2D eigenvalue weighted by Crippen LogP contribution is 2.16. The maximum atomic E-state index is 12.0. The van der Waals surface area contributed by atoms with Crippen molar-refractivity contribution < 1.29 is 9.90 Å². The molecule has 0 fully saturated rings. The molecule has 6 heteroatoms. The molecule has 0 atom stereocenters. The Bertz CT molecular complexity index is 672. The molecule has 0 radical (unpaired) electrons. The molecule has 2 N–H and O–H groups in total. The summed E-state index contributed by atoms with van der Waals surface area (Å²) in [5, 5.41) is 11.8. The van der Waals surface area contributed by atoms with Crippen molar-refractivity contribution in [2.75, 3.05) is 13.2 Å². The number of aliphatic hydroxyl groups excluding tert-OH is 1. The lowest BCUT2D eigenvalue weighted by Gasteiger charge is -2.06.